The fourth-order valence-electron chi connectivity index (χ4n) is 1.42. The maximum atomic E-state index is 11.2. The molecule has 15 heavy (non-hydrogen) atoms. The number of nitrogens with one attached hydrogen (secondary N) is 1. The summed E-state index contributed by atoms with van der Waals surface area (Å²) in [5.74, 6) is -0.200. The van der Waals surface area contributed by atoms with Gasteiger partial charge in [-0.3, -0.25) is 9.52 Å². The van der Waals surface area contributed by atoms with Crippen LogP contribution in [0.3, 0.4) is 0 Å². The minimum absolute atomic E-state index is 0.0584. The van der Waals surface area contributed by atoms with Crippen LogP contribution < -0.4 is 10.5 Å². The Morgan fingerprint density at radius 3 is 2.53 bits per heavy atom. The Morgan fingerprint density at radius 2 is 2.07 bits per heavy atom. The van der Waals surface area contributed by atoms with Gasteiger partial charge in [-0.15, -0.1) is 0 Å². The van der Waals surface area contributed by atoms with Crippen LogP contribution in [-0.2, 0) is 0 Å². The van der Waals surface area contributed by atoms with Crippen molar-refractivity contribution < 1.29 is 4.79 Å². The molecule has 0 bridgehead atoms. The number of amides is 1. The van der Waals surface area contributed by atoms with Crippen molar-refractivity contribution in [2.75, 3.05) is 0 Å². The van der Waals surface area contributed by atoms with E-state index < -0.39 is 0 Å². The van der Waals surface area contributed by atoms with E-state index in [1.807, 2.05) is 12.1 Å². The zero-order valence-electron chi connectivity index (χ0n) is 8.73. The van der Waals surface area contributed by atoms with Crippen molar-refractivity contribution in [3.63, 3.8) is 0 Å². The molecule has 0 spiro atoms. The Bertz CT molecular complexity index is 324. The first-order chi connectivity index (χ1) is 7.19. The lowest BCUT2D eigenvalue weighted by Crippen LogP contribution is -2.13. The normalized spacial score (nSPS) is 12.2. The van der Waals surface area contributed by atoms with Gasteiger partial charge in [0.1, 0.15) is 0 Å². The van der Waals surface area contributed by atoms with Crippen molar-refractivity contribution in [1.29, 1.82) is 0 Å². The number of hydrogen-bond acceptors (Lipinski definition) is 3. The molecule has 0 heterocycles. The highest BCUT2D eigenvalue weighted by molar-refractivity contribution is 7.78. The molecule has 1 amide bonds. The van der Waals surface area contributed by atoms with Crippen LogP contribution in [0.15, 0.2) is 24.3 Å². The second-order valence-electron chi connectivity index (χ2n) is 3.46. The number of rotatable bonds is 4. The Balaban J connectivity index is 2.76. The molecule has 1 atom stereocenters. The van der Waals surface area contributed by atoms with Gasteiger partial charge in [-0.1, -0.05) is 38.3 Å². The number of carbonyl (C=O) groups is 1. The molecule has 1 unspecified atom stereocenters. The third-order valence-corrected chi connectivity index (χ3v) is 2.51. The van der Waals surface area contributed by atoms with E-state index in [1.54, 1.807) is 12.1 Å². The first-order valence-electron chi connectivity index (χ1n) is 4.99. The summed E-state index contributed by atoms with van der Waals surface area (Å²) in [5.41, 5.74) is 7.61. The van der Waals surface area contributed by atoms with Crippen LogP contribution in [0.2, 0.25) is 0 Å². The lowest BCUT2D eigenvalue weighted by molar-refractivity contribution is 0.0985. The highest BCUT2D eigenvalue weighted by Crippen LogP contribution is 2.16. The van der Waals surface area contributed by atoms with Gasteiger partial charge < -0.3 is 5.73 Å². The van der Waals surface area contributed by atoms with Crippen LogP contribution in [-0.4, -0.2) is 5.91 Å². The molecule has 0 saturated heterocycles. The second-order valence-corrected chi connectivity index (χ2v) is 3.68. The third kappa shape index (κ3) is 3.25. The Labute approximate surface area is 95.6 Å². The van der Waals surface area contributed by atoms with Gasteiger partial charge in [0, 0.05) is 11.6 Å². The fourth-order valence-corrected chi connectivity index (χ4v) is 1.55. The third-order valence-electron chi connectivity index (χ3n) is 2.30. The van der Waals surface area contributed by atoms with Gasteiger partial charge in [0.25, 0.3) is 5.91 Å². The van der Waals surface area contributed by atoms with Crippen LogP contribution in [0.4, 0.5) is 0 Å². The average molecular weight is 224 g/mol. The van der Waals surface area contributed by atoms with E-state index in [9.17, 15) is 4.79 Å². The molecule has 0 aliphatic rings. The van der Waals surface area contributed by atoms with Gasteiger partial charge in [-0.05, 0) is 24.1 Å². The van der Waals surface area contributed by atoms with Gasteiger partial charge in [0.05, 0.1) is 0 Å². The van der Waals surface area contributed by atoms with E-state index in [0.29, 0.717) is 5.56 Å². The highest BCUT2D eigenvalue weighted by atomic mass is 32.1. The first kappa shape index (κ1) is 12.1. The Hall–Kier alpha value is -1.00. The topological polar surface area (TPSA) is 55.1 Å². The number of benzene rings is 1. The van der Waals surface area contributed by atoms with E-state index >= 15 is 0 Å². The average Bonchev–Trinajstić information content (AvgIpc) is 2.28. The lowest BCUT2D eigenvalue weighted by atomic mass is 10.0. The summed E-state index contributed by atoms with van der Waals surface area (Å²) in [6.45, 7) is 2.10. The van der Waals surface area contributed by atoms with E-state index in [1.165, 1.54) is 0 Å². The molecule has 0 aliphatic carbocycles. The standard InChI is InChI=1S/C11H16N2OS/c1-2-3-10(12)8-4-6-9(7-5-8)11(14)13-15/h4-7,10,15H,2-3,12H2,1H3,(H,13,14). The van der Waals surface area contributed by atoms with E-state index in [2.05, 4.69) is 24.5 Å². The monoisotopic (exact) mass is 224 g/mol. The summed E-state index contributed by atoms with van der Waals surface area (Å²) in [5, 5.41) is 0. The fraction of sp³-hybridized carbons (Fsp3) is 0.364. The summed E-state index contributed by atoms with van der Waals surface area (Å²) in [6, 6.07) is 7.35. The number of carbonyl (C=O) groups excluding carboxylic acids is 1. The van der Waals surface area contributed by atoms with Crippen molar-refractivity contribution in [3.8, 4) is 0 Å². The lowest BCUT2D eigenvalue weighted by Gasteiger charge is -2.10. The summed E-state index contributed by atoms with van der Waals surface area (Å²) in [6.07, 6.45) is 2.01. The minimum atomic E-state index is -0.200. The smallest absolute Gasteiger partial charge is 0.260 e. The van der Waals surface area contributed by atoms with Gasteiger partial charge in [0.15, 0.2) is 0 Å². The SMILES string of the molecule is CCCC(N)c1ccc(C(=O)NS)cc1. The molecule has 0 saturated carbocycles. The van der Waals surface area contributed by atoms with Gasteiger partial charge in [-0.25, -0.2) is 0 Å². The van der Waals surface area contributed by atoms with Crippen molar-refractivity contribution in [2.24, 2.45) is 5.73 Å². The minimum Gasteiger partial charge on any atom is -0.324 e. The molecule has 1 aromatic rings. The summed E-state index contributed by atoms with van der Waals surface area (Å²) in [4.78, 5) is 11.2. The van der Waals surface area contributed by atoms with Crippen LogP contribution in [0.1, 0.15) is 41.7 Å². The molecular weight excluding hydrogens is 208 g/mol. The molecule has 82 valence electrons. The molecule has 1 aromatic carbocycles. The predicted molar refractivity (Wildman–Crippen MR) is 64.7 cm³/mol. The molecule has 4 heteroatoms. The van der Waals surface area contributed by atoms with Crippen molar-refractivity contribution in [1.82, 2.24) is 4.72 Å². The van der Waals surface area contributed by atoms with E-state index in [4.69, 9.17) is 5.73 Å². The summed E-state index contributed by atoms with van der Waals surface area (Å²) in [7, 11) is 0. The van der Waals surface area contributed by atoms with Crippen LogP contribution in [0, 0.1) is 0 Å². The number of nitrogens with two attached hydrogens (primary N) is 1. The number of hydrogen-bond donors (Lipinski definition) is 3. The van der Waals surface area contributed by atoms with E-state index in [0.717, 1.165) is 18.4 Å². The molecule has 0 fully saturated rings. The van der Waals surface area contributed by atoms with Crippen molar-refractivity contribution in [2.45, 2.75) is 25.8 Å². The highest BCUT2D eigenvalue weighted by Gasteiger charge is 2.06. The first-order valence-corrected chi connectivity index (χ1v) is 5.43. The Kier molecular flexibility index (Phi) is 4.65. The maximum Gasteiger partial charge on any atom is 0.260 e. The molecule has 1 rings (SSSR count). The zero-order chi connectivity index (χ0) is 11.3. The zero-order valence-corrected chi connectivity index (χ0v) is 9.63. The van der Waals surface area contributed by atoms with Gasteiger partial charge in [-0.2, -0.15) is 0 Å². The second kappa shape index (κ2) is 5.78. The molecule has 3 nitrogen and oxygen atoms in total. The predicted octanol–water partition coefficient (Wildman–Crippen LogP) is 2.06. The molecule has 3 N–H and O–H groups in total. The quantitative estimate of drug-likeness (QED) is 0.686. The summed E-state index contributed by atoms with van der Waals surface area (Å²) < 4.78 is 2.28. The van der Waals surface area contributed by atoms with Crippen LogP contribution in [0.25, 0.3) is 0 Å². The Morgan fingerprint density at radius 1 is 1.47 bits per heavy atom. The summed E-state index contributed by atoms with van der Waals surface area (Å²) >= 11 is 3.70. The largest absolute Gasteiger partial charge is 0.324 e. The van der Waals surface area contributed by atoms with Crippen LogP contribution >= 0.6 is 12.8 Å². The number of thiol groups is 1. The molecular formula is C11H16N2OS. The van der Waals surface area contributed by atoms with Gasteiger partial charge >= 0.3 is 0 Å². The van der Waals surface area contributed by atoms with Crippen molar-refractivity contribution >= 4 is 18.7 Å². The van der Waals surface area contributed by atoms with Crippen molar-refractivity contribution in [3.05, 3.63) is 35.4 Å². The maximum absolute atomic E-state index is 11.2. The molecule has 0 radical (unpaired) electrons. The van der Waals surface area contributed by atoms with Gasteiger partial charge in [0.2, 0.25) is 0 Å². The van der Waals surface area contributed by atoms with Crippen LogP contribution in [0.5, 0.6) is 0 Å². The molecule has 0 aromatic heterocycles. The molecule has 0 aliphatic heterocycles. The van der Waals surface area contributed by atoms with E-state index in [-0.39, 0.29) is 11.9 Å².